The first kappa shape index (κ1) is 27.6. The number of ether oxygens (including phenoxy) is 2. The quantitative estimate of drug-likeness (QED) is 0.333. The van der Waals surface area contributed by atoms with Gasteiger partial charge in [-0.3, -0.25) is 4.79 Å². The van der Waals surface area contributed by atoms with Gasteiger partial charge in [0.05, 0.1) is 19.3 Å². The van der Waals surface area contributed by atoms with E-state index in [1.54, 1.807) is 52.6 Å². The van der Waals surface area contributed by atoms with Gasteiger partial charge in [0.15, 0.2) is 0 Å². The summed E-state index contributed by atoms with van der Waals surface area (Å²) < 4.78 is 24.7. The Kier molecular flexibility index (Phi) is 9.73. The van der Waals surface area contributed by atoms with Crippen LogP contribution < -0.4 is 10.1 Å². The minimum Gasteiger partial charge on any atom is -0.494 e. The largest absolute Gasteiger partial charge is 0.494 e. The third-order valence-electron chi connectivity index (χ3n) is 6.42. The van der Waals surface area contributed by atoms with Crippen LogP contribution in [0.1, 0.15) is 35.8 Å². The zero-order valence-electron chi connectivity index (χ0n) is 21.8. The highest BCUT2D eigenvalue weighted by Gasteiger charge is 2.27. The van der Waals surface area contributed by atoms with E-state index in [9.17, 15) is 14.0 Å². The number of aryl methyl sites for hydroxylation is 1. The van der Waals surface area contributed by atoms with Gasteiger partial charge < -0.3 is 24.6 Å². The summed E-state index contributed by atoms with van der Waals surface area (Å²) in [4.78, 5) is 31.4. The van der Waals surface area contributed by atoms with Crippen molar-refractivity contribution in [1.82, 2.24) is 9.80 Å². The highest BCUT2D eigenvalue weighted by atomic mass is 32.1. The summed E-state index contributed by atoms with van der Waals surface area (Å²) >= 11 is 1.59. The summed E-state index contributed by atoms with van der Waals surface area (Å²) in [6.45, 7) is 6.07. The second-order valence-corrected chi connectivity index (χ2v) is 10.3. The summed E-state index contributed by atoms with van der Waals surface area (Å²) in [5.41, 5.74) is 2.54. The van der Waals surface area contributed by atoms with Crippen molar-refractivity contribution in [3.05, 3.63) is 81.8 Å². The van der Waals surface area contributed by atoms with Crippen LogP contribution in [0.2, 0.25) is 0 Å². The monoisotopic (exact) mass is 539 g/mol. The number of urea groups is 1. The number of hydrogen-bond donors (Lipinski definition) is 1. The summed E-state index contributed by atoms with van der Waals surface area (Å²) in [6.07, 6.45) is 1.66. The molecular formula is C29H34FN3O4S. The van der Waals surface area contributed by atoms with E-state index < -0.39 is 0 Å². The fourth-order valence-electron chi connectivity index (χ4n) is 4.30. The van der Waals surface area contributed by atoms with E-state index in [0.29, 0.717) is 38.5 Å². The van der Waals surface area contributed by atoms with Crippen molar-refractivity contribution in [3.63, 3.8) is 0 Å². The van der Waals surface area contributed by atoms with Crippen molar-refractivity contribution in [2.24, 2.45) is 0 Å². The maximum absolute atomic E-state index is 13.7. The minimum atomic E-state index is -0.368. The zero-order chi connectivity index (χ0) is 26.9. The molecule has 7 nitrogen and oxygen atoms in total. The van der Waals surface area contributed by atoms with E-state index in [1.165, 1.54) is 17.0 Å². The van der Waals surface area contributed by atoms with E-state index in [0.717, 1.165) is 34.6 Å². The summed E-state index contributed by atoms with van der Waals surface area (Å²) in [7, 11) is 0. The van der Waals surface area contributed by atoms with E-state index in [4.69, 9.17) is 9.47 Å². The maximum atomic E-state index is 13.7. The molecule has 3 aromatic rings. The van der Waals surface area contributed by atoms with Crippen LogP contribution in [0.3, 0.4) is 0 Å². The molecule has 0 saturated carbocycles. The number of anilines is 1. The topological polar surface area (TPSA) is 71.1 Å². The Labute approximate surface area is 227 Å². The number of nitrogens with zero attached hydrogens (tertiary/aromatic N) is 2. The first-order valence-corrected chi connectivity index (χ1v) is 13.7. The molecule has 4 rings (SSSR count). The van der Waals surface area contributed by atoms with Crippen LogP contribution in [-0.2, 0) is 22.6 Å². The average molecular weight is 540 g/mol. The Balaban J connectivity index is 1.50. The highest BCUT2D eigenvalue weighted by molar-refractivity contribution is 7.10. The summed E-state index contributed by atoms with van der Waals surface area (Å²) in [5, 5.41) is 4.90. The normalized spacial score (nSPS) is 14.8. The minimum absolute atomic E-state index is 0.103. The molecule has 0 spiro atoms. The lowest BCUT2D eigenvalue weighted by atomic mass is 10.2. The van der Waals surface area contributed by atoms with Crippen molar-refractivity contribution in [2.75, 3.05) is 31.6 Å². The second-order valence-electron chi connectivity index (χ2n) is 9.31. The molecule has 9 heteroatoms. The summed E-state index contributed by atoms with van der Waals surface area (Å²) in [6, 6.07) is 14.9. The Bertz CT molecular complexity index is 1190. The third-order valence-corrected chi connectivity index (χ3v) is 7.43. The van der Waals surface area contributed by atoms with Crippen LogP contribution >= 0.6 is 11.3 Å². The van der Waals surface area contributed by atoms with Crippen molar-refractivity contribution >= 4 is 29.0 Å². The molecule has 1 fully saturated rings. The first-order valence-electron chi connectivity index (χ1n) is 12.9. The molecule has 1 N–H and O–H groups in total. The SMILES string of the molecule is CCOc1ccc(NC(=O)N(CC(=O)N(Cc2ccc(F)cc2)Cc2sccc2C)CC2CCCO2)cc1. The van der Waals surface area contributed by atoms with Gasteiger partial charge in [-0.25, -0.2) is 9.18 Å². The molecule has 38 heavy (non-hydrogen) atoms. The number of thiophene rings is 1. The predicted octanol–water partition coefficient (Wildman–Crippen LogP) is 5.84. The molecule has 2 aromatic carbocycles. The van der Waals surface area contributed by atoms with Crippen LogP contribution in [0.4, 0.5) is 14.9 Å². The molecule has 0 bridgehead atoms. The third kappa shape index (κ3) is 7.79. The van der Waals surface area contributed by atoms with E-state index in [-0.39, 0.29) is 30.4 Å². The molecule has 1 aliphatic rings. The number of halogens is 1. The maximum Gasteiger partial charge on any atom is 0.322 e. The Morgan fingerprint density at radius 3 is 2.47 bits per heavy atom. The Hall–Kier alpha value is -3.43. The van der Waals surface area contributed by atoms with Gasteiger partial charge in [-0.05, 0) is 85.7 Å². The van der Waals surface area contributed by atoms with Crippen molar-refractivity contribution in [2.45, 2.75) is 45.9 Å². The van der Waals surface area contributed by atoms with Gasteiger partial charge in [-0.15, -0.1) is 11.3 Å². The van der Waals surface area contributed by atoms with Crippen LogP contribution in [-0.4, -0.2) is 54.1 Å². The number of benzene rings is 2. The number of hydrogen-bond acceptors (Lipinski definition) is 5. The van der Waals surface area contributed by atoms with Crippen molar-refractivity contribution in [1.29, 1.82) is 0 Å². The molecule has 1 saturated heterocycles. The predicted molar refractivity (Wildman–Crippen MR) is 147 cm³/mol. The van der Waals surface area contributed by atoms with E-state index in [2.05, 4.69) is 5.32 Å². The van der Waals surface area contributed by atoms with Crippen LogP contribution in [0, 0.1) is 12.7 Å². The van der Waals surface area contributed by atoms with Gasteiger partial charge in [0, 0.05) is 30.3 Å². The molecule has 2 heterocycles. The molecule has 1 atom stereocenters. The molecule has 0 aliphatic carbocycles. The number of rotatable bonds is 11. The van der Waals surface area contributed by atoms with Gasteiger partial charge in [0.1, 0.15) is 18.1 Å². The lowest BCUT2D eigenvalue weighted by molar-refractivity contribution is -0.133. The second kappa shape index (κ2) is 13.4. The fraction of sp³-hybridized carbons (Fsp3) is 0.379. The molecule has 1 unspecified atom stereocenters. The van der Waals surface area contributed by atoms with Crippen LogP contribution in [0.15, 0.2) is 60.0 Å². The van der Waals surface area contributed by atoms with Crippen LogP contribution in [0.25, 0.3) is 0 Å². The van der Waals surface area contributed by atoms with Gasteiger partial charge in [0.2, 0.25) is 5.91 Å². The Morgan fingerprint density at radius 1 is 1.08 bits per heavy atom. The number of amides is 3. The molecule has 1 aromatic heterocycles. The molecular weight excluding hydrogens is 505 g/mol. The van der Waals surface area contributed by atoms with Gasteiger partial charge in [0.25, 0.3) is 0 Å². The Morgan fingerprint density at radius 2 is 1.84 bits per heavy atom. The average Bonchev–Trinajstić information content (AvgIpc) is 3.57. The fourth-order valence-corrected chi connectivity index (χ4v) is 5.22. The van der Waals surface area contributed by atoms with Crippen molar-refractivity contribution in [3.8, 4) is 5.75 Å². The molecule has 1 aliphatic heterocycles. The summed E-state index contributed by atoms with van der Waals surface area (Å²) in [5.74, 6) is 0.202. The molecule has 3 amide bonds. The van der Waals surface area contributed by atoms with E-state index in [1.807, 2.05) is 25.3 Å². The molecule has 202 valence electrons. The first-order chi connectivity index (χ1) is 18.4. The van der Waals surface area contributed by atoms with Gasteiger partial charge in [-0.2, -0.15) is 0 Å². The zero-order valence-corrected chi connectivity index (χ0v) is 22.6. The standard InChI is InChI=1S/C29H34FN3O4S/c1-3-36-25-12-10-24(11-13-25)31-29(35)33(18-26-5-4-15-37-26)20-28(34)32(19-27-21(2)14-16-38-27)17-22-6-8-23(30)9-7-22/h6-14,16,26H,3-5,15,17-20H2,1-2H3,(H,31,35). The van der Waals surface area contributed by atoms with E-state index >= 15 is 0 Å². The lowest BCUT2D eigenvalue weighted by Gasteiger charge is -2.29. The number of carbonyl (C=O) groups excluding carboxylic acids is 2. The lowest BCUT2D eigenvalue weighted by Crippen LogP contribution is -2.46. The van der Waals surface area contributed by atoms with Crippen LogP contribution in [0.5, 0.6) is 5.75 Å². The number of nitrogens with one attached hydrogen (secondary N) is 1. The van der Waals surface area contributed by atoms with Gasteiger partial charge >= 0.3 is 6.03 Å². The van der Waals surface area contributed by atoms with Crippen molar-refractivity contribution < 1.29 is 23.5 Å². The van der Waals surface area contributed by atoms with Gasteiger partial charge in [-0.1, -0.05) is 12.1 Å². The molecule has 0 radical (unpaired) electrons. The highest BCUT2D eigenvalue weighted by Crippen LogP contribution is 2.21. The number of carbonyl (C=O) groups is 2. The smallest absolute Gasteiger partial charge is 0.322 e.